The van der Waals surface area contributed by atoms with Crippen LogP contribution in [0.2, 0.25) is 0 Å². The van der Waals surface area contributed by atoms with Crippen molar-refractivity contribution in [2.24, 2.45) is 0 Å². The maximum atomic E-state index is 13.5. The molecule has 0 spiro atoms. The van der Waals surface area contributed by atoms with Gasteiger partial charge in [0.1, 0.15) is 11.6 Å². The number of nitrogens with one attached hydrogen (secondary N) is 1. The number of halogens is 2. The Morgan fingerprint density at radius 1 is 0.889 bits per heavy atom. The molecule has 0 fully saturated rings. The standard InChI is InChI=1S/C15H11F2N/c16-13-5-3-6-14(17)12(13)9-11-8-10-4-1-2-7-15(10)18-11/h1-8,18H,9H2. The molecule has 0 saturated heterocycles. The van der Waals surface area contributed by atoms with Crippen LogP contribution < -0.4 is 0 Å². The van der Waals surface area contributed by atoms with Gasteiger partial charge in [-0.2, -0.15) is 0 Å². The Morgan fingerprint density at radius 3 is 2.33 bits per heavy atom. The first-order valence-corrected chi connectivity index (χ1v) is 5.73. The van der Waals surface area contributed by atoms with Gasteiger partial charge in [-0.15, -0.1) is 0 Å². The summed E-state index contributed by atoms with van der Waals surface area (Å²) in [7, 11) is 0. The molecule has 18 heavy (non-hydrogen) atoms. The number of aromatic amines is 1. The highest BCUT2D eigenvalue weighted by atomic mass is 19.1. The minimum absolute atomic E-state index is 0.101. The van der Waals surface area contributed by atoms with Gasteiger partial charge in [-0.3, -0.25) is 0 Å². The highest BCUT2D eigenvalue weighted by Gasteiger charge is 2.10. The Balaban J connectivity index is 2.01. The molecule has 90 valence electrons. The van der Waals surface area contributed by atoms with Crippen LogP contribution in [-0.4, -0.2) is 4.98 Å². The van der Waals surface area contributed by atoms with Gasteiger partial charge in [0, 0.05) is 23.2 Å². The number of fused-ring (bicyclic) bond motifs is 1. The van der Waals surface area contributed by atoms with Gasteiger partial charge >= 0.3 is 0 Å². The average Bonchev–Trinajstić information content (AvgIpc) is 2.76. The molecule has 0 unspecified atom stereocenters. The molecule has 1 nitrogen and oxygen atoms in total. The van der Waals surface area contributed by atoms with E-state index in [0.29, 0.717) is 0 Å². The van der Waals surface area contributed by atoms with Crippen LogP contribution in [0.4, 0.5) is 8.78 Å². The van der Waals surface area contributed by atoms with Crippen molar-refractivity contribution in [2.45, 2.75) is 6.42 Å². The van der Waals surface area contributed by atoms with Crippen LogP contribution in [0, 0.1) is 11.6 Å². The van der Waals surface area contributed by atoms with Crippen molar-refractivity contribution < 1.29 is 8.78 Å². The maximum Gasteiger partial charge on any atom is 0.129 e. The van der Waals surface area contributed by atoms with E-state index in [0.717, 1.165) is 16.6 Å². The molecule has 3 aromatic rings. The third-order valence-corrected chi connectivity index (χ3v) is 3.01. The summed E-state index contributed by atoms with van der Waals surface area (Å²) in [5.74, 6) is -1.01. The largest absolute Gasteiger partial charge is 0.358 e. The van der Waals surface area contributed by atoms with Crippen LogP contribution in [0.1, 0.15) is 11.3 Å². The van der Waals surface area contributed by atoms with E-state index < -0.39 is 11.6 Å². The van der Waals surface area contributed by atoms with E-state index in [4.69, 9.17) is 0 Å². The quantitative estimate of drug-likeness (QED) is 0.699. The molecule has 0 aliphatic carbocycles. The molecule has 0 atom stereocenters. The van der Waals surface area contributed by atoms with Gasteiger partial charge < -0.3 is 4.98 Å². The predicted molar refractivity (Wildman–Crippen MR) is 67.5 cm³/mol. The van der Waals surface area contributed by atoms with Gasteiger partial charge in [-0.1, -0.05) is 24.3 Å². The Morgan fingerprint density at radius 2 is 1.61 bits per heavy atom. The molecule has 3 heteroatoms. The number of H-pyrrole nitrogens is 1. The monoisotopic (exact) mass is 243 g/mol. The number of hydrogen-bond donors (Lipinski definition) is 1. The second-order valence-electron chi connectivity index (χ2n) is 4.26. The zero-order valence-corrected chi connectivity index (χ0v) is 9.58. The van der Waals surface area contributed by atoms with Gasteiger partial charge in [0.2, 0.25) is 0 Å². The molecular weight excluding hydrogens is 232 g/mol. The van der Waals surface area contributed by atoms with Crippen molar-refractivity contribution in [3.8, 4) is 0 Å². The molecule has 1 aromatic heterocycles. The lowest BCUT2D eigenvalue weighted by atomic mass is 10.1. The molecular formula is C15H11F2N. The molecule has 2 aromatic carbocycles. The second kappa shape index (κ2) is 4.26. The molecule has 0 bridgehead atoms. The van der Waals surface area contributed by atoms with E-state index in [-0.39, 0.29) is 12.0 Å². The maximum absolute atomic E-state index is 13.5. The molecule has 0 radical (unpaired) electrons. The predicted octanol–water partition coefficient (Wildman–Crippen LogP) is 4.04. The van der Waals surface area contributed by atoms with Crippen molar-refractivity contribution in [3.05, 3.63) is 71.4 Å². The lowest BCUT2D eigenvalue weighted by molar-refractivity contribution is 0.560. The van der Waals surface area contributed by atoms with E-state index in [1.807, 2.05) is 30.3 Å². The van der Waals surface area contributed by atoms with E-state index in [2.05, 4.69) is 4.98 Å². The van der Waals surface area contributed by atoms with Crippen molar-refractivity contribution in [2.75, 3.05) is 0 Å². The smallest absolute Gasteiger partial charge is 0.129 e. The molecule has 0 aliphatic rings. The van der Waals surface area contributed by atoms with Crippen LogP contribution in [0.5, 0.6) is 0 Å². The zero-order chi connectivity index (χ0) is 12.5. The average molecular weight is 243 g/mol. The van der Waals surface area contributed by atoms with Gasteiger partial charge in [0.05, 0.1) is 0 Å². The first-order chi connectivity index (χ1) is 8.74. The molecule has 0 aliphatic heterocycles. The molecule has 3 rings (SSSR count). The molecule has 1 N–H and O–H groups in total. The topological polar surface area (TPSA) is 15.8 Å². The van der Waals surface area contributed by atoms with Crippen molar-refractivity contribution in [1.82, 2.24) is 4.98 Å². The summed E-state index contributed by atoms with van der Waals surface area (Å²) in [5, 5.41) is 1.05. The van der Waals surface area contributed by atoms with Crippen LogP contribution in [0.25, 0.3) is 10.9 Å². The lowest BCUT2D eigenvalue weighted by Gasteiger charge is -2.02. The number of aromatic nitrogens is 1. The van der Waals surface area contributed by atoms with Gasteiger partial charge in [0.15, 0.2) is 0 Å². The normalized spacial score (nSPS) is 11.0. The summed E-state index contributed by atoms with van der Waals surface area (Å²) < 4.78 is 27.1. The van der Waals surface area contributed by atoms with E-state index in [9.17, 15) is 8.78 Å². The minimum atomic E-state index is -0.506. The Kier molecular flexibility index (Phi) is 2.59. The van der Waals surface area contributed by atoms with Crippen molar-refractivity contribution in [3.63, 3.8) is 0 Å². The lowest BCUT2D eigenvalue weighted by Crippen LogP contribution is -1.96. The number of hydrogen-bond acceptors (Lipinski definition) is 0. The fourth-order valence-corrected chi connectivity index (χ4v) is 2.12. The van der Waals surface area contributed by atoms with Crippen LogP contribution in [0.3, 0.4) is 0 Å². The summed E-state index contributed by atoms with van der Waals surface area (Å²) in [6.07, 6.45) is 0.229. The molecule has 1 heterocycles. The summed E-state index contributed by atoms with van der Waals surface area (Å²) in [5.41, 5.74) is 1.88. The summed E-state index contributed by atoms with van der Waals surface area (Å²) >= 11 is 0. The third kappa shape index (κ3) is 1.88. The second-order valence-corrected chi connectivity index (χ2v) is 4.26. The Hall–Kier alpha value is -2.16. The number of rotatable bonds is 2. The summed E-state index contributed by atoms with van der Waals surface area (Å²) in [6.45, 7) is 0. The first kappa shape index (κ1) is 11.0. The van der Waals surface area contributed by atoms with E-state index in [1.54, 1.807) is 0 Å². The molecule has 0 amide bonds. The van der Waals surface area contributed by atoms with Crippen molar-refractivity contribution in [1.29, 1.82) is 0 Å². The van der Waals surface area contributed by atoms with E-state index in [1.165, 1.54) is 18.2 Å². The van der Waals surface area contributed by atoms with Crippen LogP contribution in [-0.2, 0) is 6.42 Å². The highest BCUT2D eigenvalue weighted by molar-refractivity contribution is 5.80. The Labute approximate surface area is 103 Å². The zero-order valence-electron chi connectivity index (χ0n) is 9.58. The SMILES string of the molecule is Fc1cccc(F)c1Cc1cc2ccccc2[nH]1. The van der Waals surface area contributed by atoms with Gasteiger partial charge in [-0.25, -0.2) is 8.78 Å². The van der Waals surface area contributed by atoms with Gasteiger partial charge in [0.25, 0.3) is 0 Å². The fourth-order valence-electron chi connectivity index (χ4n) is 2.12. The van der Waals surface area contributed by atoms with Crippen molar-refractivity contribution >= 4 is 10.9 Å². The summed E-state index contributed by atoms with van der Waals surface area (Å²) in [6, 6.07) is 13.6. The fraction of sp³-hybridized carbons (Fsp3) is 0.0667. The van der Waals surface area contributed by atoms with E-state index >= 15 is 0 Å². The van der Waals surface area contributed by atoms with Gasteiger partial charge in [-0.05, 0) is 29.7 Å². The first-order valence-electron chi connectivity index (χ1n) is 5.73. The minimum Gasteiger partial charge on any atom is -0.358 e. The van der Waals surface area contributed by atoms with Crippen LogP contribution in [0.15, 0.2) is 48.5 Å². The Bertz CT molecular complexity index is 647. The highest BCUT2D eigenvalue weighted by Crippen LogP contribution is 2.20. The number of para-hydroxylation sites is 1. The molecule has 0 saturated carbocycles. The number of benzene rings is 2. The third-order valence-electron chi connectivity index (χ3n) is 3.01. The summed E-state index contributed by atoms with van der Waals surface area (Å²) in [4.78, 5) is 3.17. The van der Waals surface area contributed by atoms with Crippen LogP contribution >= 0.6 is 0 Å².